The van der Waals surface area contributed by atoms with Crippen molar-refractivity contribution in [3.05, 3.63) is 34.3 Å². The second kappa shape index (κ2) is 3.31. The standard InChI is InChI=1S/C10H12N2O2/c1-12(2)6-7-3-4-9-8(5-7)11-10(13)14-9/h3-5H,6H2,1-2H3,(H,11,13). The van der Waals surface area contributed by atoms with Crippen LogP contribution in [-0.2, 0) is 6.54 Å². The average Bonchev–Trinajstić information content (AvgIpc) is 2.42. The molecule has 1 heterocycles. The number of fused-ring (bicyclic) bond motifs is 1. The fourth-order valence-electron chi connectivity index (χ4n) is 1.46. The molecule has 0 aliphatic carbocycles. The van der Waals surface area contributed by atoms with E-state index < -0.39 is 5.76 Å². The van der Waals surface area contributed by atoms with Gasteiger partial charge >= 0.3 is 5.76 Å². The number of hydrogen-bond acceptors (Lipinski definition) is 3. The summed E-state index contributed by atoms with van der Waals surface area (Å²) in [6, 6.07) is 5.70. The minimum atomic E-state index is -0.401. The molecule has 0 atom stereocenters. The largest absolute Gasteiger partial charge is 0.417 e. The molecule has 4 nitrogen and oxygen atoms in total. The Labute approximate surface area is 81.1 Å². The van der Waals surface area contributed by atoms with Gasteiger partial charge in [0.15, 0.2) is 5.58 Å². The van der Waals surface area contributed by atoms with Crippen LogP contribution >= 0.6 is 0 Å². The van der Waals surface area contributed by atoms with Crippen molar-refractivity contribution in [2.24, 2.45) is 0 Å². The predicted octanol–water partition coefficient (Wildman–Crippen LogP) is 1.18. The van der Waals surface area contributed by atoms with Crippen molar-refractivity contribution >= 4 is 11.1 Å². The van der Waals surface area contributed by atoms with E-state index in [9.17, 15) is 4.79 Å². The van der Waals surface area contributed by atoms with Crippen molar-refractivity contribution in [1.29, 1.82) is 0 Å². The molecular formula is C10H12N2O2. The van der Waals surface area contributed by atoms with Gasteiger partial charge in [-0.2, -0.15) is 0 Å². The van der Waals surface area contributed by atoms with Crippen LogP contribution in [0.5, 0.6) is 0 Å². The summed E-state index contributed by atoms with van der Waals surface area (Å²) in [6.07, 6.45) is 0. The van der Waals surface area contributed by atoms with Gasteiger partial charge in [0.1, 0.15) is 0 Å². The van der Waals surface area contributed by atoms with Gasteiger partial charge in [-0.05, 0) is 31.8 Å². The molecule has 2 aromatic rings. The van der Waals surface area contributed by atoms with E-state index in [1.54, 1.807) is 0 Å². The number of nitrogens with one attached hydrogen (secondary N) is 1. The van der Waals surface area contributed by atoms with Crippen molar-refractivity contribution in [2.45, 2.75) is 6.54 Å². The van der Waals surface area contributed by atoms with Crippen molar-refractivity contribution < 1.29 is 4.42 Å². The SMILES string of the molecule is CN(C)Cc1ccc2oc(=O)[nH]c2c1. The maximum atomic E-state index is 10.9. The molecule has 0 fully saturated rings. The number of oxazole rings is 1. The molecule has 74 valence electrons. The first-order valence-electron chi connectivity index (χ1n) is 4.41. The van der Waals surface area contributed by atoms with Crippen LogP contribution in [0.25, 0.3) is 11.1 Å². The van der Waals surface area contributed by atoms with E-state index in [0.29, 0.717) is 5.58 Å². The molecule has 0 spiro atoms. The van der Waals surface area contributed by atoms with E-state index in [1.807, 2.05) is 32.3 Å². The summed E-state index contributed by atoms with van der Waals surface area (Å²) >= 11 is 0. The highest BCUT2D eigenvalue weighted by molar-refractivity contribution is 5.72. The zero-order valence-electron chi connectivity index (χ0n) is 8.20. The van der Waals surface area contributed by atoms with Gasteiger partial charge in [-0.25, -0.2) is 4.79 Å². The summed E-state index contributed by atoms with van der Waals surface area (Å²) < 4.78 is 4.90. The monoisotopic (exact) mass is 192 g/mol. The molecule has 0 amide bonds. The Morgan fingerprint density at radius 3 is 2.93 bits per heavy atom. The van der Waals surface area contributed by atoms with Crippen LogP contribution < -0.4 is 5.76 Å². The second-order valence-electron chi connectivity index (χ2n) is 3.58. The molecule has 1 aromatic heterocycles. The summed E-state index contributed by atoms with van der Waals surface area (Å²) in [5, 5.41) is 0. The molecular weight excluding hydrogens is 180 g/mol. The van der Waals surface area contributed by atoms with Gasteiger partial charge in [0.2, 0.25) is 0 Å². The van der Waals surface area contributed by atoms with Crippen LogP contribution in [0.2, 0.25) is 0 Å². The number of hydrogen-bond donors (Lipinski definition) is 1. The lowest BCUT2D eigenvalue weighted by atomic mass is 10.2. The molecule has 0 aliphatic heterocycles. The Hall–Kier alpha value is -1.55. The van der Waals surface area contributed by atoms with Crippen LogP contribution in [0.4, 0.5) is 0 Å². The van der Waals surface area contributed by atoms with Crippen LogP contribution in [0.15, 0.2) is 27.4 Å². The van der Waals surface area contributed by atoms with E-state index in [0.717, 1.165) is 17.6 Å². The van der Waals surface area contributed by atoms with Gasteiger partial charge in [-0.3, -0.25) is 4.98 Å². The Kier molecular flexibility index (Phi) is 2.13. The minimum Gasteiger partial charge on any atom is -0.408 e. The highest BCUT2D eigenvalue weighted by Gasteiger charge is 2.02. The first-order valence-corrected chi connectivity index (χ1v) is 4.41. The molecule has 14 heavy (non-hydrogen) atoms. The molecule has 1 aromatic carbocycles. The first kappa shape index (κ1) is 9.02. The highest BCUT2D eigenvalue weighted by atomic mass is 16.4. The number of benzene rings is 1. The maximum Gasteiger partial charge on any atom is 0.417 e. The Bertz CT molecular complexity index is 496. The Morgan fingerprint density at radius 1 is 1.43 bits per heavy atom. The second-order valence-corrected chi connectivity index (χ2v) is 3.58. The van der Waals surface area contributed by atoms with Gasteiger partial charge in [0.25, 0.3) is 0 Å². The third-order valence-corrected chi connectivity index (χ3v) is 1.98. The van der Waals surface area contributed by atoms with Crippen molar-refractivity contribution in [3.8, 4) is 0 Å². The van der Waals surface area contributed by atoms with Crippen LogP contribution in [-0.4, -0.2) is 24.0 Å². The molecule has 4 heteroatoms. The lowest BCUT2D eigenvalue weighted by Gasteiger charge is -2.08. The first-order chi connectivity index (χ1) is 6.65. The van der Waals surface area contributed by atoms with E-state index >= 15 is 0 Å². The van der Waals surface area contributed by atoms with Crippen LogP contribution in [0.1, 0.15) is 5.56 Å². The Balaban J connectivity index is 2.45. The Morgan fingerprint density at radius 2 is 2.21 bits per heavy atom. The number of rotatable bonds is 2. The summed E-state index contributed by atoms with van der Waals surface area (Å²) in [4.78, 5) is 15.6. The fourth-order valence-corrected chi connectivity index (χ4v) is 1.46. The summed E-state index contributed by atoms with van der Waals surface area (Å²) in [6.45, 7) is 0.850. The number of nitrogens with zero attached hydrogens (tertiary/aromatic N) is 1. The topological polar surface area (TPSA) is 49.2 Å². The summed E-state index contributed by atoms with van der Waals surface area (Å²) in [7, 11) is 4.00. The van der Waals surface area contributed by atoms with Gasteiger partial charge in [-0.15, -0.1) is 0 Å². The molecule has 0 saturated heterocycles. The molecule has 0 radical (unpaired) electrons. The molecule has 1 N–H and O–H groups in total. The number of H-pyrrole nitrogens is 1. The molecule has 2 rings (SSSR count). The van der Waals surface area contributed by atoms with Gasteiger partial charge in [-0.1, -0.05) is 6.07 Å². The smallest absolute Gasteiger partial charge is 0.408 e. The number of aromatic nitrogens is 1. The summed E-state index contributed by atoms with van der Waals surface area (Å²) in [5.41, 5.74) is 2.52. The van der Waals surface area contributed by atoms with Crippen molar-refractivity contribution in [2.75, 3.05) is 14.1 Å². The fraction of sp³-hybridized carbons (Fsp3) is 0.300. The van der Waals surface area contributed by atoms with Crippen LogP contribution in [0, 0.1) is 0 Å². The molecule has 0 unspecified atom stereocenters. The highest BCUT2D eigenvalue weighted by Crippen LogP contribution is 2.12. The molecule has 0 bridgehead atoms. The van der Waals surface area contributed by atoms with Gasteiger partial charge in [0.05, 0.1) is 5.52 Å². The zero-order chi connectivity index (χ0) is 10.1. The third kappa shape index (κ3) is 1.70. The normalized spacial score (nSPS) is 11.4. The van der Waals surface area contributed by atoms with Crippen molar-refractivity contribution in [1.82, 2.24) is 9.88 Å². The molecule has 0 saturated carbocycles. The molecule has 0 aliphatic rings. The van der Waals surface area contributed by atoms with E-state index in [4.69, 9.17) is 4.42 Å². The lowest BCUT2D eigenvalue weighted by Crippen LogP contribution is -2.10. The number of aromatic amines is 1. The average molecular weight is 192 g/mol. The maximum absolute atomic E-state index is 10.9. The third-order valence-electron chi connectivity index (χ3n) is 1.98. The van der Waals surface area contributed by atoms with Crippen molar-refractivity contribution in [3.63, 3.8) is 0 Å². The van der Waals surface area contributed by atoms with Gasteiger partial charge in [0, 0.05) is 6.54 Å². The quantitative estimate of drug-likeness (QED) is 0.777. The zero-order valence-corrected chi connectivity index (χ0v) is 8.20. The summed E-state index contributed by atoms with van der Waals surface area (Å²) in [5.74, 6) is -0.401. The van der Waals surface area contributed by atoms with Crippen LogP contribution in [0.3, 0.4) is 0 Å². The van der Waals surface area contributed by atoms with Gasteiger partial charge < -0.3 is 9.32 Å². The lowest BCUT2D eigenvalue weighted by molar-refractivity contribution is 0.402. The van der Waals surface area contributed by atoms with E-state index in [1.165, 1.54) is 0 Å². The van der Waals surface area contributed by atoms with E-state index in [2.05, 4.69) is 9.88 Å². The predicted molar refractivity (Wildman–Crippen MR) is 54.2 cm³/mol. The minimum absolute atomic E-state index is 0.401. The van der Waals surface area contributed by atoms with E-state index in [-0.39, 0.29) is 0 Å².